The van der Waals surface area contributed by atoms with E-state index in [0.29, 0.717) is 0 Å². The molecule has 0 saturated carbocycles. The molecule has 0 spiro atoms. The van der Waals surface area contributed by atoms with Gasteiger partial charge in [-0.25, -0.2) is 0 Å². The van der Waals surface area contributed by atoms with Crippen LogP contribution in [0.25, 0.3) is 55.0 Å². The van der Waals surface area contributed by atoms with Gasteiger partial charge in [-0.1, -0.05) is 117 Å². The first kappa shape index (κ1) is 25.9. The molecular formula is C43H31NO. The van der Waals surface area contributed by atoms with Crippen molar-refractivity contribution in [3.05, 3.63) is 163 Å². The van der Waals surface area contributed by atoms with Crippen LogP contribution in [0, 0.1) is 0 Å². The van der Waals surface area contributed by atoms with Gasteiger partial charge in [0.2, 0.25) is 0 Å². The van der Waals surface area contributed by atoms with E-state index in [1.165, 1.54) is 44.2 Å². The van der Waals surface area contributed by atoms with Crippen molar-refractivity contribution >= 4 is 49.8 Å². The Hall–Kier alpha value is -5.60. The summed E-state index contributed by atoms with van der Waals surface area (Å²) in [7, 11) is 0. The molecular weight excluding hydrogens is 546 g/mol. The molecule has 2 nitrogen and oxygen atoms in total. The largest absolute Gasteiger partial charge is 0.456 e. The molecule has 0 N–H and O–H groups in total. The van der Waals surface area contributed by atoms with E-state index in [0.717, 1.165) is 39.0 Å². The minimum atomic E-state index is -0.0992. The lowest BCUT2D eigenvalue weighted by Gasteiger charge is -2.28. The Kier molecular flexibility index (Phi) is 5.58. The van der Waals surface area contributed by atoms with Crippen LogP contribution in [-0.4, -0.2) is 0 Å². The van der Waals surface area contributed by atoms with Crippen molar-refractivity contribution in [1.82, 2.24) is 0 Å². The lowest BCUT2D eigenvalue weighted by Crippen LogP contribution is -2.16. The second kappa shape index (κ2) is 9.70. The first-order valence-electron chi connectivity index (χ1n) is 15.6. The molecule has 1 aliphatic rings. The zero-order chi connectivity index (χ0) is 30.1. The molecule has 0 bridgehead atoms. The third kappa shape index (κ3) is 3.96. The Morgan fingerprint density at radius 1 is 0.489 bits per heavy atom. The maximum absolute atomic E-state index is 6.52. The maximum atomic E-state index is 6.52. The molecule has 0 aliphatic heterocycles. The van der Waals surface area contributed by atoms with Gasteiger partial charge in [0.25, 0.3) is 0 Å². The van der Waals surface area contributed by atoms with E-state index < -0.39 is 0 Å². The predicted octanol–water partition coefficient (Wildman–Crippen LogP) is 12.2. The van der Waals surface area contributed by atoms with E-state index in [1.807, 2.05) is 0 Å². The lowest BCUT2D eigenvalue weighted by molar-refractivity contribution is 0.660. The Morgan fingerprint density at radius 2 is 1.16 bits per heavy atom. The van der Waals surface area contributed by atoms with Crippen LogP contribution in [0.15, 0.2) is 156 Å². The zero-order valence-corrected chi connectivity index (χ0v) is 25.3. The molecule has 0 amide bonds. The summed E-state index contributed by atoms with van der Waals surface area (Å²) in [4.78, 5) is 2.40. The summed E-state index contributed by atoms with van der Waals surface area (Å²) in [6.45, 7) is 4.69. The van der Waals surface area contributed by atoms with Crippen LogP contribution in [0.4, 0.5) is 17.1 Å². The van der Waals surface area contributed by atoms with Gasteiger partial charge in [-0.15, -0.1) is 0 Å². The molecule has 214 valence electrons. The molecule has 45 heavy (non-hydrogen) atoms. The summed E-state index contributed by atoms with van der Waals surface area (Å²) in [5.41, 5.74) is 12.8. The fourth-order valence-corrected chi connectivity index (χ4v) is 7.37. The maximum Gasteiger partial charge on any atom is 0.137 e. The minimum absolute atomic E-state index is 0.0992. The minimum Gasteiger partial charge on any atom is -0.456 e. The molecule has 8 aromatic rings. The number of anilines is 3. The van der Waals surface area contributed by atoms with Crippen LogP contribution in [0.5, 0.6) is 0 Å². The fourth-order valence-electron chi connectivity index (χ4n) is 7.37. The number of rotatable bonds is 4. The van der Waals surface area contributed by atoms with Gasteiger partial charge in [-0.05, 0) is 92.7 Å². The molecule has 2 heteroatoms. The van der Waals surface area contributed by atoms with Gasteiger partial charge >= 0.3 is 0 Å². The van der Waals surface area contributed by atoms with Gasteiger partial charge in [0.15, 0.2) is 0 Å². The second-order valence-corrected chi connectivity index (χ2v) is 12.6. The van der Waals surface area contributed by atoms with Crippen LogP contribution < -0.4 is 4.90 Å². The third-order valence-corrected chi connectivity index (χ3v) is 9.64. The van der Waals surface area contributed by atoms with Crippen molar-refractivity contribution in [3.63, 3.8) is 0 Å². The van der Waals surface area contributed by atoms with E-state index in [-0.39, 0.29) is 5.41 Å². The summed E-state index contributed by atoms with van der Waals surface area (Å²) < 4.78 is 6.52. The van der Waals surface area contributed by atoms with E-state index >= 15 is 0 Å². The van der Waals surface area contributed by atoms with E-state index in [9.17, 15) is 0 Å². The highest BCUT2D eigenvalue weighted by Crippen LogP contribution is 2.51. The van der Waals surface area contributed by atoms with Crippen LogP contribution in [0.2, 0.25) is 0 Å². The van der Waals surface area contributed by atoms with Gasteiger partial charge in [0.05, 0.1) is 11.1 Å². The fraction of sp³-hybridized carbons (Fsp3) is 0.0698. The Bertz CT molecular complexity index is 2400. The molecule has 0 radical (unpaired) electrons. The van der Waals surface area contributed by atoms with Gasteiger partial charge in [0.1, 0.15) is 11.2 Å². The Balaban J connectivity index is 1.29. The quantitative estimate of drug-likeness (QED) is 0.207. The smallest absolute Gasteiger partial charge is 0.137 e. The highest BCUT2D eigenvalue weighted by molar-refractivity contribution is 6.16. The molecule has 7 aromatic carbocycles. The average Bonchev–Trinajstić information content (AvgIpc) is 3.56. The topological polar surface area (TPSA) is 16.4 Å². The van der Waals surface area contributed by atoms with Gasteiger partial charge < -0.3 is 9.32 Å². The molecule has 0 unspecified atom stereocenters. The molecule has 0 fully saturated rings. The van der Waals surface area contributed by atoms with Crippen molar-refractivity contribution < 1.29 is 4.42 Å². The van der Waals surface area contributed by atoms with E-state index in [1.54, 1.807) is 0 Å². The number of hydrogen-bond donors (Lipinski definition) is 0. The number of hydrogen-bond acceptors (Lipinski definition) is 2. The molecule has 1 aromatic heterocycles. The third-order valence-electron chi connectivity index (χ3n) is 9.64. The van der Waals surface area contributed by atoms with Crippen LogP contribution in [-0.2, 0) is 5.41 Å². The van der Waals surface area contributed by atoms with E-state index in [2.05, 4.69) is 170 Å². The van der Waals surface area contributed by atoms with Crippen molar-refractivity contribution in [2.45, 2.75) is 19.3 Å². The molecule has 0 atom stereocenters. The first-order chi connectivity index (χ1) is 22.1. The molecule has 1 aliphatic carbocycles. The second-order valence-electron chi connectivity index (χ2n) is 12.6. The Morgan fingerprint density at radius 3 is 1.98 bits per heavy atom. The number of nitrogens with zero attached hydrogens (tertiary/aromatic N) is 1. The molecule has 9 rings (SSSR count). The van der Waals surface area contributed by atoms with E-state index in [4.69, 9.17) is 4.42 Å². The summed E-state index contributed by atoms with van der Waals surface area (Å²) in [5, 5.41) is 4.63. The number of fused-ring (bicyclic) bond motifs is 7. The normalized spacial score (nSPS) is 13.3. The van der Waals surface area contributed by atoms with Gasteiger partial charge in [-0.2, -0.15) is 0 Å². The summed E-state index contributed by atoms with van der Waals surface area (Å²) in [6, 6.07) is 54.7. The molecule has 0 saturated heterocycles. The van der Waals surface area contributed by atoms with Crippen molar-refractivity contribution in [2.24, 2.45) is 0 Å². The molecule has 1 heterocycles. The van der Waals surface area contributed by atoms with Crippen molar-refractivity contribution in [2.75, 3.05) is 4.90 Å². The highest BCUT2D eigenvalue weighted by Gasteiger charge is 2.36. The van der Waals surface area contributed by atoms with Crippen LogP contribution in [0.3, 0.4) is 0 Å². The first-order valence-corrected chi connectivity index (χ1v) is 15.6. The van der Waals surface area contributed by atoms with Gasteiger partial charge in [-0.3, -0.25) is 0 Å². The SMILES string of the molecule is CC1(C)c2ccccc2-c2ccc(N(c3ccc(-c4ccccc4)cc3)c3cccc4oc5cc6ccccc6cc5c34)cc21. The zero-order valence-electron chi connectivity index (χ0n) is 25.3. The Labute approximate surface area is 262 Å². The highest BCUT2D eigenvalue weighted by atomic mass is 16.3. The lowest BCUT2D eigenvalue weighted by atomic mass is 9.82. The average molecular weight is 578 g/mol. The summed E-state index contributed by atoms with van der Waals surface area (Å²) >= 11 is 0. The standard InChI is InChI=1S/C43H31NO/c1-43(2)37-16-9-8-15-34(37)35-24-23-33(27-38(35)43)44(32-21-19-29(20-22-32)28-11-4-3-5-12-28)39-17-10-18-40-42(39)36-25-30-13-6-7-14-31(30)26-41(36)45-40/h3-27H,1-2H3. The van der Waals surface area contributed by atoms with Crippen LogP contribution in [0.1, 0.15) is 25.0 Å². The number of benzene rings is 7. The van der Waals surface area contributed by atoms with Crippen molar-refractivity contribution in [3.8, 4) is 22.3 Å². The predicted molar refractivity (Wildman–Crippen MR) is 189 cm³/mol. The summed E-state index contributed by atoms with van der Waals surface area (Å²) in [5.74, 6) is 0. The number of furan rings is 1. The van der Waals surface area contributed by atoms with Crippen molar-refractivity contribution in [1.29, 1.82) is 0 Å². The monoisotopic (exact) mass is 577 g/mol. The van der Waals surface area contributed by atoms with Gasteiger partial charge in [0, 0.05) is 22.2 Å². The van der Waals surface area contributed by atoms with Crippen LogP contribution >= 0.6 is 0 Å². The summed E-state index contributed by atoms with van der Waals surface area (Å²) in [6.07, 6.45) is 0.